The van der Waals surface area contributed by atoms with E-state index in [1.54, 1.807) is 6.26 Å². The third kappa shape index (κ3) is 3.13. The summed E-state index contributed by atoms with van der Waals surface area (Å²) in [4.78, 5) is 0. The number of ether oxygens (including phenoxy) is 1. The molecule has 0 spiro atoms. The van der Waals surface area contributed by atoms with Crippen LogP contribution in [0.4, 0.5) is 0 Å². The lowest BCUT2D eigenvalue weighted by molar-refractivity contribution is 0.255. The molecule has 1 nitrogen and oxygen atoms in total. The van der Waals surface area contributed by atoms with Gasteiger partial charge in [0.05, 0.1) is 12.9 Å². The lowest BCUT2D eigenvalue weighted by atomic mass is 10.3. The Morgan fingerprint density at radius 2 is 1.90 bits per heavy atom. The van der Waals surface area contributed by atoms with Crippen LogP contribution in [-0.2, 0) is 4.74 Å². The minimum absolute atomic E-state index is 0.792. The molecular weight excluding hydrogens is 124 g/mol. The van der Waals surface area contributed by atoms with Gasteiger partial charge in [-0.2, -0.15) is 0 Å². The normalized spacial score (nSPS) is 24.8. The van der Waals surface area contributed by atoms with Crippen LogP contribution in [0.25, 0.3) is 0 Å². The van der Waals surface area contributed by atoms with Crippen molar-refractivity contribution in [3.05, 3.63) is 36.6 Å². The van der Waals surface area contributed by atoms with Gasteiger partial charge in [0, 0.05) is 0 Å². The maximum absolute atomic E-state index is 5.14. The number of allylic oxidation sites excluding steroid dienone is 4. The summed E-state index contributed by atoms with van der Waals surface area (Å²) in [5, 5.41) is 0. The van der Waals surface area contributed by atoms with Gasteiger partial charge in [0.15, 0.2) is 0 Å². The summed E-state index contributed by atoms with van der Waals surface area (Å²) in [5.74, 6) is 0. The molecule has 1 aliphatic rings. The van der Waals surface area contributed by atoms with E-state index in [0.717, 1.165) is 19.4 Å². The molecule has 0 amide bonds. The molecular formula is C9H12O. The van der Waals surface area contributed by atoms with Gasteiger partial charge in [0.1, 0.15) is 0 Å². The standard InChI is InChI=1S/C9H12O/c1-2-4-6-8-10-9-7-5-3-1/h1-4,7,9H,5-6,8H2/b3-1?,4-2+,9-7+. The van der Waals surface area contributed by atoms with Gasteiger partial charge < -0.3 is 4.74 Å². The van der Waals surface area contributed by atoms with Crippen molar-refractivity contribution >= 4 is 0 Å². The van der Waals surface area contributed by atoms with Crippen LogP contribution >= 0.6 is 0 Å². The first-order chi connectivity index (χ1) is 5.00. The minimum Gasteiger partial charge on any atom is -0.501 e. The van der Waals surface area contributed by atoms with Crippen LogP contribution in [0.15, 0.2) is 36.6 Å². The van der Waals surface area contributed by atoms with Gasteiger partial charge in [-0.05, 0) is 18.9 Å². The maximum Gasteiger partial charge on any atom is 0.0907 e. The zero-order valence-corrected chi connectivity index (χ0v) is 5.99. The van der Waals surface area contributed by atoms with E-state index in [2.05, 4.69) is 24.3 Å². The van der Waals surface area contributed by atoms with Gasteiger partial charge in [0.25, 0.3) is 0 Å². The fourth-order valence-corrected chi connectivity index (χ4v) is 0.738. The predicted molar refractivity (Wildman–Crippen MR) is 42.6 cm³/mol. The second-order valence-electron chi connectivity index (χ2n) is 2.12. The lowest BCUT2D eigenvalue weighted by Gasteiger charge is -1.96. The molecule has 0 radical (unpaired) electrons. The van der Waals surface area contributed by atoms with Crippen molar-refractivity contribution in [2.75, 3.05) is 6.61 Å². The Morgan fingerprint density at radius 1 is 1.00 bits per heavy atom. The molecule has 0 fully saturated rings. The van der Waals surface area contributed by atoms with E-state index in [0.29, 0.717) is 0 Å². The number of hydrogen-bond acceptors (Lipinski definition) is 1. The first-order valence-electron chi connectivity index (χ1n) is 3.58. The molecule has 0 aromatic carbocycles. The SMILES string of the molecule is C1=CC/C=C/OCC/C=C/1. The molecule has 1 heterocycles. The zero-order chi connectivity index (χ0) is 7.07. The Morgan fingerprint density at radius 3 is 2.90 bits per heavy atom. The van der Waals surface area contributed by atoms with Crippen LogP contribution in [0, 0.1) is 0 Å². The average Bonchev–Trinajstić information content (AvgIpc) is 2.01. The minimum atomic E-state index is 0.792. The molecule has 10 heavy (non-hydrogen) atoms. The van der Waals surface area contributed by atoms with Crippen molar-refractivity contribution in [3.63, 3.8) is 0 Å². The molecule has 0 aromatic rings. The largest absolute Gasteiger partial charge is 0.501 e. The Balaban J connectivity index is 2.38. The monoisotopic (exact) mass is 136 g/mol. The molecule has 1 heteroatoms. The highest BCUT2D eigenvalue weighted by Gasteiger charge is 1.79. The third-order valence-corrected chi connectivity index (χ3v) is 1.25. The van der Waals surface area contributed by atoms with Crippen molar-refractivity contribution in [2.24, 2.45) is 0 Å². The first kappa shape index (κ1) is 7.13. The van der Waals surface area contributed by atoms with Gasteiger partial charge in [-0.1, -0.05) is 24.3 Å². The van der Waals surface area contributed by atoms with Crippen LogP contribution < -0.4 is 0 Å². The fourth-order valence-electron chi connectivity index (χ4n) is 0.738. The summed E-state index contributed by atoms with van der Waals surface area (Å²) in [6.07, 6.45) is 14.1. The second-order valence-corrected chi connectivity index (χ2v) is 2.12. The molecule has 0 N–H and O–H groups in total. The van der Waals surface area contributed by atoms with Gasteiger partial charge in [-0.25, -0.2) is 0 Å². The van der Waals surface area contributed by atoms with Crippen molar-refractivity contribution in [1.29, 1.82) is 0 Å². The molecule has 54 valence electrons. The summed E-state index contributed by atoms with van der Waals surface area (Å²) < 4.78 is 5.14. The summed E-state index contributed by atoms with van der Waals surface area (Å²) in [6, 6.07) is 0. The first-order valence-corrected chi connectivity index (χ1v) is 3.58. The van der Waals surface area contributed by atoms with Gasteiger partial charge >= 0.3 is 0 Å². The van der Waals surface area contributed by atoms with E-state index in [9.17, 15) is 0 Å². The van der Waals surface area contributed by atoms with E-state index >= 15 is 0 Å². The molecule has 1 rings (SSSR count). The van der Waals surface area contributed by atoms with E-state index in [4.69, 9.17) is 4.74 Å². The van der Waals surface area contributed by atoms with Crippen molar-refractivity contribution < 1.29 is 4.74 Å². The quantitative estimate of drug-likeness (QED) is 0.497. The van der Waals surface area contributed by atoms with Crippen LogP contribution in [0.5, 0.6) is 0 Å². The van der Waals surface area contributed by atoms with Crippen molar-refractivity contribution in [3.8, 4) is 0 Å². The van der Waals surface area contributed by atoms with Crippen LogP contribution in [-0.4, -0.2) is 6.61 Å². The van der Waals surface area contributed by atoms with Crippen LogP contribution in [0.1, 0.15) is 12.8 Å². The zero-order valence-electron chi connectivity index (χ0n) is 5.99. The van der Waals surface area contributed by atoms with Gasteiger partial charge in [0.2, 0.25) is 0 Å². The Kier molecular flexibility index (Phi) is 3.46. The third-order valence-electron chi connectivity index (χ3n) is 1.25. The molecule has 0 unspecified atom stereocenters. The highest BCUT2D eigenvalue weighted by atomic mass is 16.5. The number of rotatable bonds is 0. The lowest BCUT2D eigenvalue weighted by Crippen LogP contribution is -1.83. The Labute approximate surface area is 61.7 Å². The maximum atomic E-state index is 5.14. The topological polar surface area (TPSA) is 9.23 Å². The van der Waals surface area contributed by atoms with E-state index in [1.807, 2.05) is 6.08 Å². The smallest absolute Gasteiger partial charge is 0.0907 e. The number of hydrogen-bond donors (Lipinski definition) is 0. The van der Waals surface area contributed by atoms with Gasteiger partial charge in [-0.15, -0.1) is 0 Å². The molecule has 0 saturated carbocycles. The van der Waals surface area contributed by atoms with Crippen molar-refractivity contribution in [1.82, 2.24) is 0 Å². The fraction of sp³-hybridized carbons (Fsp3) is 0.333. The van der Waals surface area contributed by atoms with Gasteiger partial charge in [-0.3, -0.25) is 0 Å². The second kappa shape index (κ2) is 4.86. The summed E-state index contributed by atoms with van der Waals surface area (Å²) in [6.45, 7) is 0.792. The van der Waals surface area contributed by atoms with Crippen molar-refractivity contribution in [2.45, 2.75) is 12.8 Å². The summed E-state index contributed by atoms with van der Waals surface area (Å²) >= 11 is 0. The predicted octanol–water partition coefficient (Wildman–Crippen LogP) is 2.42. The summed E-state index contributed by atoms with van der Waals surface area (Å²) in [7, 11) is 0. The molecule has 0 bridgehead atoms. The molecule has 1 aliphatic heterocycles. The Hall–Kier alpha value is -0.980. The van der Waals surface area contributed by atoms with Crippen LogP contribution in [0.2, 0.25) is 0 Å². The van der Waals surface area contributed by atoms with E-state index < -0.39 is 0 Å². The summed E-state index contributed by atoms with van der Waals surface area (Å²) in [5.41, 5.74) is 0. The molecule has 0 aliphatic carbocycles. The highest BCUT2D eigenvalue weighted by molar-refractivity contribution is 5.04. The highest BCUT2D eigenvalue weighted by Crippen LogP contribution is 1.93. The molecule has 0 saturated heterocycles. The van der Waals surface area contributed by atoms with E-state index in [-0.39, 0.29) is 0 Å². The van der Waals surface area contributed by atoms with Crippen LogP contribution in [0.3, 0.4) is 0 Å². The average molecular weight is 136 g/mol. The molecule has 0 aromatic heterocycles. The Bertz CT molecular complexity index is 154. The van der Waals surface area contributed by atoms with E-state index in [1.165, 1.54) is 0 Å². The molecule has 0 atom stereocenters.